The molecule has 2 N–H and O–H groups in total. The largest absolute Gasteiger partial charge is 0.490 e. The summed E-state index contributed by atoms with van der Waals surface area (Å²) in [6.45, 7) is 6.18. The van der Waals surface area contributed by atoms with Crippen molar-refractivity contribution in [1.29, 1.82) is 0 Å². The van der Waals surface area contributed by atoms with E-state index in [9.17, 15) is 19.1 Å². The van der Waals surface area contributed by atoms with Crippen molar-refractivity contribution in [3.8, 4) is 39.5 Å². The molecule has 1 atom stereocenters. The zero-order chi connectivity index (χ0) is 31.4. The molecule has 5 aromatic rings. The Balaban J connectivity index is 1.50. The Morgan fingerprint density at radius 3 is 2.84 bits per heavy atom. The molecule has 0 aliphatic carbocycles. The van der Waals surface area contributed by atoms with Crippen LogP contribution >= 0.6 is 11.3 Å². The number of benzene rings is 2. The third kappa shape index (κ3) is 4.86. The van der Waals surface area contributed by atoms with Crippen LogP contribution < -0.4 is 10.1 Å². The highest BCUT2D eigenvalue weighted by Crippen LogP contribution is 2.47. The third-order valence-corrected chi connectivity index (χ3v) is 9.09. The zero-order valence-electron chi connectivity index (χ0n) is 24.1. The fourth-order valence-corrected chi connectivity index (χ4v) is 6.98. The highest BCUT2D eigenvalue weighted by atomic mass is 32.1. The second-order valence-electron chi connectivity index (χ2n) is 11.0. The lowest BCUT2D eigenvalue weighted by Gasteiger charge is -2.33. The van der Waals surface area contributed by atoms with E-state index >= 15 is 4.39 Å². The molecule has 2 amide bonds. The van der Waals surface area contributed by atoms with E-state index in [1.165, 1.54) is 17.4 Å². The van der Waals surface area contributed by atoms with E-state index in [-0.39, 0.29) is 48.9 Å². The highest BCUT2D eigenvalue weighted by Gasteiger charge is 2.31. The minimum Gasteiger partial charge on any atom is -0.490 e. The van der Waals surface area contributed by atoms with Crippen LogP contribution in [-0.4, -0.2) is 55.8 Å². The maximum absolute atomic E-state index is 15.9. The molecule has 45 heavy (non-hydrogen) atoms. The molecule has 0 radical (unpaired) electrons. The third-order valence-electron chi connectivity index (χ3n) is 8.16. The number of thiophene rings is 1. The van der Waals surface area contributed by atoms with Gasteiger partial charge in [0.1, 0.15) is 35.4 Å². The smallest absolute Gasteiger partial charge is 0.251 e. The fourth-order valence-electron chi connectivity index (χ4n) is 6.03. The summed E-state index contributed by atoms with van der Waals surface area (Å²) in [5.74, 6) is -2.13. The van der Waals surface area contributed by atoms with Crippen LogP contribution in [0.5, 0.6) is 5.75 Å². The number of hydrogen-bond acceptors (Lipinski definition) is 7. The first kappa shape index (κ1) is 28.8. The lowest BCUT2D eigenvalue weighted by molar-refractivity contribution is -0.129. The van der Waals surface area contributed by atoms with Crippen molar-refractivity contribution in [3.05, 3.63) is 89.0 Å². The van der Waals surface area contributed by atoms with E-state index in [1.54, 1.807) is 15.6 Å². The Labute approximate surface area is 260 Å². The normalized spacial score (nSPS) is 15.6. The molecule has 0 unspecified atom stereocenters. The van der Waals surface area contributed by atoms with Crippen LogP contribution in [-0.2, 0) is 24.4 Å². The van der Waals surface area contributed by atoms with Gasteiger partial charge in [-0.2, -0.15) is 5.10 Å². The van der Waals surface area contributed by atoms with E-state index in [1.807, 2.05) is 36.6 Å². The number of aliphatic hydroxyl groups excluding tert-OH is 1. The summed E-state index contributed by atoms with van der Waals surface area (Å²) in [6.07, 6.45) is 1.28. The lowest BCUT2D eigenvalue weighted by Crippen LogP contribution is -2.44. The molecule has 0 fully saturated rings. The van der Waals surface area contributed by atoms with Crippen LogP contribution in [0.3, 0.4) is 0 Å². The second-order valence-corrected chi connectivity index (χ2v) is 11.9. The van der Waals surface area contributed by atoms with Gasteiger partial charge in [0, 0.05) is 51.5 Å². The number of hydrogen-bond donors (Lipinski definition) is 2. The van der Waals surface area contributed by atoms with Gasteiger partial charge in [0.2, 0.25) is 5.91 Å². The molecule has 5 heterocycles. The van der Waals surface area contributed by atoms with Gasteiger partial charge >= 0.3 is 0 Å². The topological polar surface area (TPSA) is 110 Å². The number of aliphatic hydroxyl groups is 1. The number of halogens is 2. The Morgan fingerprint density at radius 1 is 1.20 bits per heavy atom. The first-order valence-corrected chi connectivity index (χ1v) is 15.2. The van der Waals surface area contributed by atoms with Crippen molar-refractivity contribution in [2.75, 3.05) is 13.2 Å². The number of fused-ring (bicyclic) bond motifs is 3. The average molecular weight is 628 g/mol. The molecule has 0 saturated carbocycles. The molecular weight excluding hydrogens is 600 g/mol. The zero-order valence-corrected chi connectivity index (χ0v) is 25.0. The summed E-state index contributed by atoms with van der Waals surface area (Å²) in [5, 5.41) is 19.7. The van der Waals surface area contributed by atoms with Crippen molar-refractivity contribution < 1.29 is 28.2 Å². The van der Waals surface area contributed by atoms with Crippen LogP contribution in [0.1, 0.15) is 28.5 Å². The molecular formula is C33H27F2N5O4S. The first-order valence-electron chi connectivity index (χ1n) is 14.3. The van der Waals surface area contributed by atoms with Crippen molar-refractivity contribution in [2.24, 2.45) is 0 Å². The summed E-state index contributed by atoms with van der Waals surface area (Å²) in [6, 6.07) is 11.0. The summed E-state index contributed by atoms with van der Waals surface area (Å²) in [7, 11) is 0. The molecule has 228 valence electrons. The van der Waals surface area contributed by atoms with Crippen LogP contribution in [0, 0.1) is 11.6 Å². The lowest BCUT2D eigenvalue weighted by atomic mass is 9.95. The molecule has 12 heteroatoms. The molecule has 0 bridgehead atoms. The van der Waals surface area contributed by atoms with Crippen LogP contribution in [0.2, 0.25) is 0 Å². The molecule has 2 aromatic carbocycles. The fraction of sp³-hybridized carbons (Fsp3) is 0.212. The van der Waals surface area contributed by atoms with E-state index in [0.717, 1.165) is 23.4 Å². The molecule has 2 aliphatic rings. The van der Waals surface area contributed by atoms with Gasteiger partial charge < -0.3 is 20.1 Å². The SMILES string of the molecule is C=CC(=O)N1Cc2cc(-c3nc(-c4ccc5c(c4)C(=O)NC5)c4ccsc4c3-c3c(F)cc(F)cc3OCCO)nn2C[C@H]1C. The Kier molecular flexibility index (Phi) is 7.17. The first-order chi connectivity index (χ1) is 21.8. The van der Waals surface area contributed by atoms with Gasteiger partial charge in [-0.3, -0.25) is 14.3 Å². The number of carbonyl (C=O) groups excluding carboxylic acids is 2. The van der Waals surface area contributed by atoms with Crippen molar-refractivity contribution in [2.45, 2.75) is 32.6 Å². The monoisotopic (exact) mass is 627 g/mol. The number of aromatic nitrogens is 3. The van der Waals surface area contributed by atoms with Crippen molar-refractivity contribution >= 4 is 33.2 Å². The quantitative estimate of drug-likeness (QED) is 0.237. The summed E-state index contributed by atoms with van der Waals surface area (Å²) in [5.41, 5.74) is 4.55. The standard InChI is InChI=1S/C33H27F2N5O4S/c1-3-27(42)39-16-21-13-25(38-40(21)15-17(39)2)31-29(28-24(35)11-20(34)12-26(28)44-8-7-41)32-22(6-9-45-32)30(37-31)18-4-5-19-14-36-33(43)23(19)10-18/h3-6,9-13,17,41H,1,7-8,14-16H2,2H3,(H,36,43)/t17-/m1/s1. The van der Waals surface area contributed by atoms with E-state index in [4.69, 9.17) is 14.8 Å². The van der Waals surface area contributed by atoms with E-state index in [0.29, 0.717) is 56.9 Å². The number of rotatable bonds is 7. The van der Waals surface area contributed by atoms with Crippen LogP contribution in [0.15, 0.2) is 60.5 Å². The Hall–Kier alpha value is -4.94. The van der Waals surface area contributed by atoms with Crippen molar-refractivity contribution in [3.63, 3.8) is 0 Å². The predicted octanol–water partition coefficient (Wildman–Crippen LogP) is 5.30. The van der Waals surface area contributed by atoms with E-state index in [2.05, 4.69) is 11.9 Å². The number of amides is 2. The number of carbonyl (C=O) groups is 2. The van der Waals surface area contributed by atoms with Gasteiger partial charge in [-0.1, -0.05) is 18.7 Å². The highest BCUT2D eigenvalue weighted by molar-refractivity contribution is 7.18. The van der Waals surface area contributed by atoms with Crippen LogP contribution in [0.4, 0.5) is 8.78 Å². The molecule has 9 nitrogen and oxygen atoms in total. The maximum Gasteiger partial charge on any atom is 0.251 e. The molecule has 2 aliphatic heterocycles. The number of pyridine rings is 1. The van der Waals surface area contributed by atoms with Gasteiger partial charge in [0.15, 0.2) is 0 Å². The van der Waals surface area contributed by atoms with Gasteiger partial charge in [0.25, 0.3) is 5.91 Å². The number of nitrogens with zero attached hydrogens (tertiary/aromatic N) is 4. The summed E-state index contributed by atoms with van der Waals surface area (Å²) < 4.78 is 38.5. The van der Waals surface area contributed by atoms with Gasteiger partial charge in [-0.15, -0.1) is 11.3 Å². The van der Waals surface area contributed by atoms with Gasteiger partial charge in [-0.05, 0) is 42.1 Å². The Bertz CT molecular complexity index is 2040. The molecule has 0 saturated heterocycles. The van der Waals surface area contributed by atoms with Crippen molar-refractivity contribution in [1.82, 2.24) is 25.0 Å². The van der Waals surface area contributed by atoms with Gasteiger partial charge in [-0.25, -0.2) is 13.8 Å². The minimum absolute atomic E-state index is 0.0116. The average Bonchev–Trinajstić information content (AvgIpc) is 3.77. The summed E-state index contributed by atoms with van der Waals surface area (Å²) >= 11 is 1.36. The second kappa shape index (κ2) is 11.2. The Morgan fingerprint density at radius 2 is 2.04 bits per heavy atom. The molecule has 3 aromatic heterocycles. The predicted molar refractivity (Wildman–Crippen MR) is 166 cm³/mol. The number of nitrogens with one attached hydrogen (secondary N) is 1. The minimum atomic E-state index is -0.858. The molecule has 7 rings (SSSR count). The molecule has 0 spiro atoms. The van der Waals surface area contributed by atoms with Gasteiger partial charge in [0.05, 0.1) is 36.6 Å². The van der Waals surface area contributed by atoms with Crippen LogP contribution in [0.25, 0.3) is 43.9 Å². The number of ether oxygens (including phenoxy) is 1. The summed E-state index contributed by atoms with van der Waals surface area (Å²) in [4.78, 5) is 31.9. The maximum atomic E-state index is 15.9. The van der Waals surface area contributed by atoms with E-state index < -0.39 is 11.6 Å².